The van der Waals surface area contributed by atoms with Crippen LogP contribution in [0, 0.1) is 17.2 Å². The van der Waals surface area contributed by atoms with E-state index in [1.165, 1.54) is 6.07 Å². The van der Waals surface area contributed by atoms with Crippen LogP contribution in [0.5, 0.6) is 0 Å². The van der Waals surface area contributed by atoms with Crippen LogP contribution in [-0.4, -0.2) is 19.5 Å². The van der Waals surface area contributed by atoms with Crippen molar-refractivity contribution in [3.8, 4) is 0 Å². The summed E-state index contributed by atoms with van der Waals surface area (Å²) in [6.45, 7) is 6.85. The van der Waals surface area contributed by atoms with E-state index in [2.05, 4.69) is 31.4 Å². The summed E-state index contributed by atoms with van der Waals surface area (Å²) in [5.41, 5.74) is 1.12. The molecule has 0 fully saturated rings. The van der Waals surface area contributed by atoms with Crippen molar-refractivity contribution in [2.45, 2.75) is 39.5 Å². The number of amides is 1. The number of rotatable bonds is 8. The van der Waals surface area contributed by atoms with Crippen LogP contribution in [0.3, 0.4) is 0 Å². The largest absolute Gasteiger partial charge is 0.326 e. The van der Waals surface area contributed by atoms with Crippen molar-refractivity contribution < 1.29 is 9.18 Å². The molecule has 0 radical (unpaired) electrons. The first-order valence-corrected chi connectivity index (χ1v) is 10.5. The van der Waals surface area contributed by atoms with Gasteiger partial charge in [-0.15, -0.1) is 0 Å². The van der Waals surface area contributed by atoms with Gasteiger partial charge in [-0.25, -0.2) is 4.39 Å². The van der Waals surface area contributed by atoms with Crippen LogP contribution >= 0.6 is 23.2 Å². The summed E-state index contributed by atoms with van der Waals surface area (Å²) in [6, 6.07) is 12.0. The molecule has 2 N–H and O–H groups in total. The first kappa shape index (κ1) is 23.7. The Morgan fingerprint density at radius 3 is 2.45 bits per heavy atom. The minimum atomic E-state index is -0.467. The predicted octanol–water partition coefficient (Wildman–Crippen LogP) is 6.52. The van der Waals surface area contributed by atoms with Gasteiger partial charge in [0.05, 0.1) is 5.02 Å². The van der Waals surface area contributed by atoms with Gasteiger partial charge in [0.15, 0.2) is 0 Å². The van der Waals surface area contributed by atoms with Crippen molar-refractivity contribution in [1.29, 1.82) is 0 Å². The Hall–Kier alpha value is -1.62. The molecule has 3 nitrogen and oxygen atoms in total. The molecular formula is C23H29Cl2FN2O. The van der Waals surface area contributed by atoms with Gasteiger partial charge in [0.2, 0.25) is 5.91 Å². The predicted molar refractivity (Wildman–Crippen MR) is 120 cm³/mol. The van der Waals surface area contributed by atoms with Gasteiger partial charge in [-0.05, 0) is 55.1 Å². The summed E-state index contributed by atoms with van der Waals surface area (Å²) in [4.78, 5) is 13.3. The van der Waals surface area contributed by atoms with Crippen LogP contribution in [0.1, 0.15) is 45.1 Å². The maximum atomic E-state index is 14.8. The zero-order valence-corrected chi connectivity index (χ0v) is 18.9. The summed E-state index contributed by atoms with van der Waals surface area (Å²) in [6.07, 6.45) is 1.44. The Balaban J connectivity index is 2.39. The molecule has 29 heavy (non-hydrogen) atoms. The second-order valence-corrected chi connectivity index (χ2v) is 9.36. The van der Waals surface area contributed by atoms with Crippen molar-refractivity contribution in [1.82, 2.24) is 5.32 Å². The molecule has 0 aromatic heterocycles. The van der Waals surface area contributed by atoms with Gasteiger partial charge in [-0.3, -0.25) is 4.79 Å². The van der Waals surface area contributed by atoms with Crippen molar-refractivity contribution in [2.75, 3.05) is 18.9 Å². The monoisotopic (exact) mass is 438 g/mol. The highest BCUT2D eigenvalue weighted by molar-refractivity contribution is 6.31. The Labute approximate surface area is 183 Å². The summed E-state index contributed by atoms with van der Waals surface area (Å²) in [5.74, 6) is -1.42. The second kappa shape index (κ2) is 10.4. The van der Waals surface area contributed by atoms with Gasteiger partial charge in [-0.1, -0.05) is 62.2 Å². The van der Waals surface area contributed by atoms with E-state index in [1.807, 2.05) is 0 Å². The number of nitrogens with one attached hydrogen (secondary N) is 2. The summed E-state index contributed by atoms with van der Waals surface area (Å²) >= 11 is 12.1. The summed E-state index contributed by atoms with van der Waals surface area (Å²) in [5, 5.41) is 6.67. The Morgan fingerprint density at radius 2 is 1.83 bits per heavy atom. The smallest absolute Gasteiger partial charge is 0.228 e. The average Bonchev–Trinajstić information content (AvgIpc) is 2.62. The molecular weight excluding hydrogens is 410 g/mol. The van der Waals surface area contributed by atoms with E-state index >= 15 is 0 Å². The minimum Gasteiger partial charge on any atom is -0.326 e. The number of carbonyl (C=O) groups is 1. The molecule has 0 aliphatic heterocycles. The summed E-state index contributed by atoms with van der Waals surface area (Å²) in [7, 11) is 1.80. The van der Waals surface area contributed by atoms with Crippen molar-refractivity contribution in [2.24, 2.45) is 11.3 Å². The molecule has 0 heterocycles. The molecule has 1 amide bonds. The highest BCUT2D eigenvalue weighted by Crippen LogP contribution is 2.35. The number of benzene rings is 2. The van der Waals surface area contributed by atoms with Gasteiger partial charge >= 0.3 is 0 Å². The van der Waals surface area contributed by atoms with Gasteiger partial charge in [-0.2, -0.15) is 0 Å². The van der Waals surface area contributed by atoms with E-state index in [4.69, 9.17) is 23.2 Å². The van der Waals surface area contributed by atoms with E-state index < -0.39 is 11.7 Å². The number of hydrogen-bond donors (Lipinski definition) is 2. The molecule has 0 bridgehead atoms. The molecule has 0 aliphatic rings. The van der Waals surface area contributed by atoms with Gasteiger partial charge in [0.1, 0.15) is 5.82 Å². The minimum absolute atomic E-state index is 0.0473. The SMILES string of the molecule is CNCC(c1cccc(Cl)c1F)C(CCC(C)(C)C)C(=O)Nc1cccc(Cl)c1. The van der Waals surface area contributed by atoms with E-state index in [1.54, 1.807) is 43.4 Å². The van der Waals surface area contributed by atoms with E-state index in [0.29, 0.717) is 29.2 Å². The molecule has 2 aromatic rings. The lowest BCUT2D eigenvalue weighted by Crippen LogP contribution is -2.34. The molecule has 6 heteroatoms. The maximum absolute atomic E-state index is 14.8. The second-order valence-electron chi connectivity index (χ2n) is 8.51. The van der Waals surface area contributed by atoms with Crippen LogP contribution in [0.2, 0.25) is 10.0 Å². The fraction of sp³-hybridized carbons (Fsp3) is 0.435. The number of hydrogen-bond acceptors (Lipinski definition) is 2. The van der Waals surface area contributed by atoms with Gasteiger partial charge < -0.3 is 10.6 Å². The van der Waals surface area contributed by atoms with Crippen molar-refractivity contribution >= 4 is 34.8 Å². The Morgan fingerprint density at radius 1 is 1.14 bits per heavy atom. The molecule has 158 valence electrons. The molecule has 0 spiro atoms. The Bertz CT molecular complexity index is 836. The van der Waals surface area contributed by atoms with E-state index in [-0.39, 0.29) is 22.3 Å². The van der Waals surface area contributed by atoms with Crippen molar-refractivity contribution in [3.05, 3.63) is 63.9 Å². The fourth-order valence-electron chi connectivity index (χ4n) is 3.40. The third-order valence-corrected chi connectivity index (χ3v) is 5.45. The van der Waals surface area contributed by atoms with Crippen LogP contribution in [-0.2, 0) is 4.79 Å². The lowest BCUT2D eigenvalue weighted by Gasteiger charge is -2.30. The molecule has 2 atom stereocenters. The topological polar surface area (TPSA) is 41.1 Å². The average molecular weight is 439 g/mol. The van der Waals surface area contributed by atoms with Crippen LogP contribution in [0.4, 0.5) is 10.1 Å². The number of halogens is 3. The Kier molecular flexibility index (Phi) is 8.50. The molecule has 2 unspecified atom stereocenters. The molecule has 0 aliphatic carbocycles. The lowest BCUT2D eigenvalue weighted by atomic mass is 9.78. The molecule has 0 saturated heterocycles. The van der Waals surface area contributed by atoms with E-state index in [9.17, 15) is 9.18 Å². The lowest BCUT2D eigenvalue weighted by molar-refractivity contribution is -0.121. The molecule has 2 aromatic carbocycles. The summed E-state index contributed by atoms with van der Waals surface area (Å²) < 4.78 is 14.8. The number of carbonyl (C=O) groups excluding carboxylic acids is 1. The van der Waals surface area contributed by atoms with Gasteiger partial charge in [0.25, 0.3) is 0 Å². The first-order valence-electron chi connectivity index (χ1n) is 9.77. The highest BCUT2D eigenvalue weighted by Gasteiger charge is 2.32. The van der Waals surface area contributed by atoms with Crippen LogP contribution in [0.25, 0.3) is 0 Å². The third-order valence-electron chi connectivity index (χ3n) is 4.92. The maximum Gasteiger partial charge on any atom is 0.228 e. The third kappa shape index (κ3) is 6.98. The van der Waals surface area contributed by atoms with Crippen LogP contribution in [0.15, 0.2) is 42.5 Å². The standard InChI is InChI=1S/C23H29Cl2FN2O/c1-23(2,3)12-11-18(22(29)28-16-8-5-7-15(24)13-16)19(14-27-4)17-9-6-10-20(25)21(17)26/h5-10,13,18-19,27H,11-12,14H2,1-4H3,(H,28,29). The normalized spacial score (nSPS) is 13.8. The van der Waals surface area contributed by atoms with Crippen LogP contribution < -0.4 is 10.6 Å². The first-order chi connectivity index (χ1) is 13.6. The number of likely N-dealkylation sites (N-methyl/N-ethyl adjacent to an activating group) is 1. The molecule has 0 saturated carbocycles. The fourth-order valence-corrected chi connectivity index (χ4v) is 3.77. The van der Waals surface area contributed by atoms with Gasteiger partial charge in [0, 0.05) is 29.1 Å². The molecule has 2 rings (SSSR count). The van der Waals surface area contributed by atoms with Crippen molar-refractivity contribution in [3.63, 3.8) is 0 Å². The zero-order valence-electron chi connectivity index (χ0n) is 17.4. The zero-order chi connectivity index (χ0) is 21.6. The number of anilines is 1. The van der Waals surface area contributed by atoms with E-state index in [0.717, 1.165) is 6.42 Å². The highest BCUT2D eigenvalue weighted by atomic mass is 35.5. The quantitative estimate of drug-likeness (QED) is 0.492.